The highest BCUT2D eigenvalue weighted by molar-refractivity contribution is 7.16. The molecule has 1 saturated heterocycles. The van der Waals surface area contributed by atoms with Crippen molar-refractivity contribution >= 4 is 22.2 Å². The van der Waals surface area contributed by atoms with E-state index in [1.54, 1.807) is 17.4 Å². The smallest absolute Gasteiger partial charge is 0.261 e. The number of aromatic nitrogens is 3. The molecule has 0 radical (unpaired) electrons. The van der Waals surface area contributed by atoms with Crippen molar-refractivity contribution in [2.24, 2.45) is 5.73 Å². The highest BCUT2D eigenvalue weighted by atomic mass is 32.1. The number of rotatable bonds is 6. The molecule has 1 fully saturated rings. The lowest BCUT2D eigenvalue weighted by Gasteiger charge is -2.34. The van der Waals surface area contributed by atoms with Crippen LogP contribution in [-0.4, -0.2) is 44.3 Å². The summed E-state index contributed by atoms with van der Waals surface area (Å²) in [6.07, 6.45) is 7.32. The van der Waals surface area contributed by atoms with Crippen molar-refractivity contribution in [2.45, 2.75) is 45.3 Å². The number of hydrogen-bond donors (Lipinski definition) is 3. The van der Waals surface area contributed by atoms with Crippen molar-refractivity contribution in [1.29, 1.82) is 0 Å². The van der Waals surface area contributed by atoms with Crippen molar-refractivity contribution < 1.29 is 4.79 Å². The molecule has 1 aliphatic rings. The van der Waals surface area contributed by atoms with Gasteiger partial charge in [0, 0.05) is 42.1 Å². The molecule has 1 atom stereocenters. The molecule has 0 aromatic carbocycles. The number of imidazole rings is 1. The van der Waals surface area contributed by atoms with Crippen LogP contribution in [0.5, 0.6) is 0 Å². The number of aromatic amines is 1. The van der Waals surface area contributed by atoms with Gasteiger partial charge in [-0.1, -0.05) is 6.42 Å². The lowest BCUT2D eigenvalue weighted by molar-refractivity contribution is 0.0948. The van der Waals surface area contributed by atoms with Crippen LogP contribution in [0.3, 0.4) is 0 Å². The van der Waals surface area contributed by atoms with E-state index in [9.17, 15) is 9.59 Å². The summed E-state index contributed by atoms with van der Waals surface area (Å²) >= 11 is 1.60. The Morgan fingerprint density at radius 1 is 1.38 bits per heavy atom. The number of nitrogens with zero attached hydrogens (tertiary/aromatic N) is 3. The molecular formula is C20H26N6O2S. The molecule has 29 heavy (non-hydrogen) atoms. The van der Waals surface area contributed by atoms with Crippen LogP contribution >= 0.6 is 11.3 Å². The average molecular weight is 415 g/mol. The molecular weight excluding hydrogens is 388 g/mol. The Morgan fingerprint density at radius 2 is 2.24 bits per heavy atom. The van der Waals surface area contributed by atoms with Crippen molar-refractivity contribution in [1.82, 2.24) is 24.6 Å². The summed E-state index contributed by atoms with van der Waals surface area (Å²) in [5, 5.41) is 2.78. The van der Waals surface area contributed by atoms with Gasteiger partial charge in [0.2, 0.25) is 0 Å². The third kappa shape index (κ3) is 4.42. The number of hydrogen-bond acceptors (Lipinski definition) is 6. The van der Waals surface area contributed by atoms with Gasteiger partial charge in [-0.05, 0) is 38.4 Å². The van der Waals surface area contributed by atoms with Gasteiger partial charge < -0.3 is 16.0 Å². The lowest BCUT2D eigenvalue weighted by Crippen LogP contribution is -2.43. The molecule has 154 valence electrons. The Morgan fingerprint density at radius 3 is 3.00 bits per heavy atom. The molecule has 1 aliphatic heterocycles. The fraction of sp³-hybridized carbons (Fsp3) is 0.450. The number of amides is 1. The van der Waals surface area contributed by atoms with Crippen molar-refractivity contribution in [2.75, 3.05) is 13.1 Å². The van der Waals surface area contributed by atoms with Gasteiger partial charge in [-0.2, -0.15) is 0 Å². The summed E-state index contributed by atoms with van der Waals surface area (Å²) in [5.74, 6) is -0.400. The first-order chi connectivity index (χ1) is 14.0. The number of nitrogens with two attached hydrogens (primary N) is 1. The second kappa shape index (κ2) is 8.48. The van der Waals surface area contributed by atoms with E-state index in [2.05, 4.69) is 20.2 Å². The van der Waals surface area contributed by atoms with Crippen LogP contribution in [0.4, 0.5) is 0 Å². The summed E-state index contributed by atoms with van der Waals surface area (Å²) < 4.78 is 1.94. The quantitative estimate of drug-likeness (QED) is 0.568. The summed E-state index contributed by atoms with van der Waals surface area (Å²) in [4.78, 5) is 36.6. The van der Waals surface area contributed by atoms with E-state index in [0.29, 0.717) is 19.1 Å². The van der Waals surface area contributed by atoms with Crippen LogP contribution in [0, 0.1) is 6.92 Å². The van der Waals surface area contributed by atoms with Gasteiger partial charge in [0.15, 0.2) is 4.96 Å². The average Bonchev–Trinajstić information content (AvgIpc) is 3.23. The van der Waals surface area contributed by atoms with E-state index in [4.69, 9.17) is 5.73 Å². The van der Waals surface area contributed by atoms with Crippen LogP contribution in [0.2, 0.25) is 0 Å². The molecule has 0 aliphatic carbocycles. The predicted molar refractivity (Wildman–Crippen MR) is 113 cm³/mol. The maximum absolute atomic E-state index is 12.5. The molecule has 0 unspecified atom stereocenters. The molecule has 0 spiro atoms. The summed E-state index contributed by atoms with van der Waals surface area (Å²) in [6, 6.07) is 3.76. The molecule has 8 nitrogen and oxygen atoms in total. The monoisotopic (exact) mass is 414 g/mol. The maximum Gasteiger partial charge on any atom is 0.261 e. The fourth-order valence-electron chi connectivity index (χ4n) is 3.85. The van der Waals surface area contributed by atoms with Crippen molar-refractivity contribution in [3.63, 3.8) is 0 Å². The first-order valence-electron chi connectivity index (χ1n) is 9.92. The van der Waals surface area contributed by atoms with Crippen molar-refractivity contribution in [3.05, 3.63) is 56.7 Å². The Balaban J connectivity index is 1.39. The number of H-pyrrole nitrogens is 1. The van der Waals surface area contributed by atoms with E-state index in [0.717, 1.165) is 35.7 Å². The number of pyridine rings is 1. The van der Waals surface area contributed by atoms with Crippen LogP contribution in [0.25, 0.3) is 4.96 Å². The fourth-order valence-corrected chi connectivity index (χ4v) is 4.68. The summed E-state index contributed by atoms with van der Waals surface area (Å²) in [6.45, 7) is 4.55. The van der Waals surface area contributed by atoms with Crippen LogP contribution in [-0.2, 0) is 13.1 Å². The third-order valence-electron chi connectivity index (χ3n) is 5.36. The minimum Gasteiger partial charge on any atom is -0.346 e. The molecule has 0 saturated carbocycles. The number of piperidine rings is 1. The van der Waals surface area contributed by atoms with Gasteiger partial charge in [0.05, 0.1) is 12.2 Å². The second-order valence-corrected chi connectivity index (χ2v) is 8.74. The largest absolute Gasteiger partial charge is 0.346 e. The van der Waals surface area contributed by atoms with Gasteiger partial charge in [-0.15, -0.1) is 11.3 Å². The van der Waals surface area contributed by atoms with E-state index in [-0.39, 0.29) is 17.7 Å². The number of carbonyl (C=O) groups excluding carboxylic acids is 1. The van der Waals surface area contributed by atoms with Gasteiger partial charge in [0.25, 0.3) is 11.5 Å². The predicted octanol–water partition coefficient (Wildman–Crippen LogP) is 1.64. The highest BCUT2D eigenvalue weighted by Gasteiger charge is 2.21. The number of likely N-dealkylation sites (tertiary alicyclic amines) is 1. The van der Waals surface area contributed by atoms with E-state index >= 15 is 0 Å². The van der Waals surface area contributed by atoms with E-state index in [1.165, 1.54) is 11.3 Å². The third-order valence-corrected chi connectivity index (χ3v) is 6.27. The lowest BCUT2D eigenvalue weighted by atomic mass is 10.0. The Hall–Kier alpha value is -2.49. The SMILES string of the molecule is Cc1cn2cc(CNC(=O)c3ccc(CN4CCCC[C@H]4CN)[nH]c3=O)nc2s1. The normalized spacial score (nSPS) is 17.7. The molecule has 4 heterocycles. The second-order valence-electron chi connectivity index (χ2n) is 7.53. The number of carbonyl (C=O) groups is 1. The molecule has 0 bridgehead atoms. The maximum atomic E-state index is 12.5. The molecule has 4 N–H and O–H groups in total. The minimum atomic E-state index is -0.400. The topological polar surface area (TPSA) is 109 Å². The van der Waals surface area contributed by atoms with Gasteiger partial charge in [-0.3, -0.25) is 18.9 Å². The number of fused-ring (bicyclic) bond motifs is 1. The van der Waals surface area contributed by atoms with E-state index in [1.807, 2.05) is 29.8 Å². The first-order valence-corrected chi connectivity index (χ1v) is 10.7. The van der Waals surface area contributed by atoms with Crippen LogP contribution in [0.1, 0.15) is 45.9 Å². The van der Waals surface area contributed by atoms with Gasteiger partial charge in [-0.25, -0.2) is 4.98 Å². The van der Waals surface area contributed by atoms with Gasteiger partial charge in [0.1, 0.15) is 5.56 Å². The standard InChI is InChI=1S/C20H26N6O2S/c1-13-10-26-12-15(24-20(26)29-13)9-22-18(27)17-6-5-14(23-19(17)28)11-25-7-3-2-4-16(25)8-21/h5-6,10,12,16H,2-4,7-9,11,21H2,1H3,(H,22,27)(H,23,28)/t16-/m0/s1. The number of aryl methyl sites for hydroxylation is 1. The zero-order valence-corrected chi connectivity index (χ0v) is 17.3. The van der Waals surface area contributed by atoms with Crippen LogP contribution in [0.15, 0.2) is 29.3 Å². The first kappa shape index (κ1) is 19.8. The Kier molecular flexibility index (Phi) is 5.79. The Bertz CT molecular complexity index is 1040. The number of nitrogens with one attached hydrogen (secondary N) is 2. The van der Waals surface area contributed by atoms with Crippen LogP contribution < -0.4 is 16.6 Å². The minimum absolute atomic E-state index is 0.111. The van der Waals surface area contributed by atoms with E-state index < -0.39 is 5.91 Å². The van der Waals surface area contributed by atoms with Gasteiger partial charge >= 0.3 is 0 Å². The zero-order chi connectivity index (χ0) is 20.4. The zero-order valence-electron chi connectivity index (χ0n) is 16.5. The van der Waals surface area contributed by atoms with Crippen molar-refractivity contribution in [3.8, 4) is 0 Å². The molecule has 1 amide bonds. The Labute approximate surface area is 172 Å². The molecule has 3 aromatic rings. The summed E-state index contributed by atoms with van der Waals surface area (Å²) in [7, 11) is 0. The molecule has 4 rings (SSSR count). The highest BCUT2D eigenvalue weighted by Crippen LogP contribution is 2.18. The molecule has 9 heteroatoms. The number of thiazole rings is 1. The molecule has 3 aromatic heterocycles. The summed E-state index contributed by atoms with van der Waals surface area (Å²) in [5.41, 5.74) is 7.18.